The van der Waals surface area contributed by atoms with Gasteiger partial charge in [-0.2, -0.15) is 0 Å². The van der Waals surface area contributed by atoms with E-state index >= 15 is 0 Å². The number of carbonyl (C=O) groups excluding carboxylic acids is 1. The van der Waals surface area contributed by atoms with Crippen molar-refractivity contribution in [1.82, 2.24) is 4.90 Å². The Kier molecular flexibility index (Phi) is 4.91. The van der Waals surface area contributed by atoms with Crippen LogP contribution in [0.15, 0.2) is 30.3 Å². The van der Waals surface area contributed by atoms with Crippen molar-refractivity contribution in [2.24, 2.45) is 0 Å². The van der Waals surface area contributed by atoms with E-state index in [0.29, 0.717) is 6.54 Å². The van der Waals surface area contributed by atoms with Crippen LogP contribution >= 0.6 is 0 Å². The lowest BCUT2D eigenvalue weighted by Gasteiger charge is -2.16. The van der Waals surface area contributed by atoms with E-state index in [2.05, 4.69) is 0 Å². The number of hydrogen-bond donors (Lipinski definition) is 1. The van der Waals surface area contributed by atoms with Gasteiger partial charge in [0.2, 0.25) is 5.91 Å². The summed E-state index contributed by atoms with van der Waals surface area (Å²) in [4.78, 5) is 13.2. The molecule has 17 heavy (non-hydrogen) atoms. The number of hydrogen-bond acceptors (Lipinski definition) is 2. The fourth-order valence-corrected chi connectivity index (χ4v) is 1.55. The van der Waals surface area contributed by atoms with Crippen LogP contribution in [0.1, 0.15) is 18.1 Å². The highest BCUT2D eigenvalue weighted by Crippen LogP contribution is 2.06. The molecule has 0 aliphatic carbocycles. The highest BCUT2D eigenvalue weighted by Gasteiger charge is 2.07. The molecule has 0 bridgehead atoms. The van der Waals surface area contributed by atoms with Crippen molar-refractivity contribution in [3.63, 3.8) is 0 Å². The zero-order valence-corrected chi connectivity index (χ0v) is 10.6. The summed E-state index contributed by atoms with van der Waals surface area (Å²) in [5, 5.41) is 9.18. The highest BCUT2D eigenvalue weighted by atomic mass is 16.3. The summed E-state index contributed by atoms with van der Waals surface area (Å²) in [5.74, 6) is -0.104. The second-order valence-electron chi connectivity index (χ2n) is 4.32. The van der Waals surface area contributed by atoms with Crippen LogP contribution in [0.2, 0.25) is 0 Å². The van der Waals surface area contributed by atoms with Gasteiger partial charge in [0.05, 0.1) is 6.10 Å². The van der Waals surface area contributed by atoms with Crippen LogP contribution in [0.3, 0.4) is 0 Å². The lowest BCUT2D eigenvalue weighted by atomic mass is 10.1. The number of benzene rings is 1. The van der Waals surface area contributed by atoms with E-state index < -0.39 is 6.10 Å². The van der Waals surface area contributed by atoms with Gasteiger partial charge in [0.15, 0.2) is 0 Å². The number of rotatable bonds is 4. The Morgan fingerprint density at radius 3 is 2.82 bits per heavy atom. The number of likely N-dealkylation sites (N-methyl/N-ethyl adjacent to an activating group) is 1. The predicted octanol–water partition coefficient (Wildman–Crippen LogP) is 1.85. The van der Waals surface area contributed by atoms with Crippen molar-refractivity contribution in [3.8, 4) is 0 Å². The van der Waals surface area contributed by atoms with Gasteiger partial charge in [0.1, 0.15) is 0 Å². The van der Waals surface area contributed by atoms with E-state index in [4.69, 9.17) is 0 Å². The SMILES string of the molecule is Cc1cccc(C=CC(=O)N(C)CC(C)O)c1. The number of aliphatic hydroxyl groups excluding tert-OH is 1. The number of aliphatic hydroxyl groups is 1. The molecule has 0 aliphatic rings. The zero-order valence-electron chi connectivity index (χ0n) is 10.6. The Morgan fingerprint density at radius 2 is 2.24 bits per heavy atom. The average Bonchev–Trinajstić information content (AvgIpc) is 2.25. The molecule has 3 nitrogen and oxygen atoms in total. The van der Waals surface area contributed by atoms with E-state index in [1.165, 1.54) is 11.0 Å². The fraction of sp³-hybridized carbons (Fsp3) is 0.357. The molecule has 0 heterocycles. The normalized spacial score (nSPS) is 12.7. The predicted molar refractivity (Wildman–Crippen MR) is 69.5 cm³/mol. The Hall–Kier alpha value is -1.61. The minimum atomic E-state index is -0.503. The third-order valence-corrected chi connectivity index (χ3v) is 2.37. The summed E-state index contributed by atoms with van der Waals surface area (Å²) in [5.41, 5.74) is 2.17. The van der Waals surface area contributed by atoms with Gasteiger partial charge in [-0.3, -0.25) is 4.79 Å². The lowest BCUT2D eigenvalue weighted by Crippen LogP contribution is -2.31. The lowest BCUT2D eigenvalue weighted by molar-refractivity contribution is -0.125. The topological polar surface area (TPSA) is 40.5 Å². The average molecular weight is 233 g/mol. The van der Waals surface area contributed by atoms with Crippen LogP contribution in [-0.4, -0.2) is 35.6 Å². The van der Waals surface area contributed by atoms with Gasteiger partial charge in [-0.25, -0.2) is 0 Å². The number of aryl methyl sites for hydroxylation is 1. The van der Waals surface area contributed by atoms with Gasteiger partial charge in [0.25, 0.3) is 0 Å². The molecule has 92 valence electrons. The molecule has 0 aliphatic heterocycles. The highest BCUT2D eigenvalue weighted by molar-refractivity contribution is 5.91. The van der Waals surface area contributed by atoms with Crippen molar-refractivity contribution < 1.29 is 9.90 Å². The van der Waals surface area contributed by atoms with Crippen molar-refractivity contribution in [3.05, 3.63) is 41.5 Å². The van der Waals surface area contributed by atoms with Gasteiger partial charge in [-0.15, -0.1) is 0 Å². The molecule has 1 N–H and O–H groups in total. The van der Waals surface area contributed by atoms with Gasteiger partial charge >= 0.3 is 0 Å². The molecule has 1 amide bonds. The number of nitrogens with zero attached hydrogens (tertiary/aromatic N) is 1. The Bertz CT molecular complexity index is 410. The molecule has 3 heteroatoms. The number of amides is 1. The number of carbonyl (C=O) groups is 1. The van der Waals surface area contributed by atoms with Crippen molar-refractivity contribution in [2.45, 2.75) is 20.0 Å². The molecule has 1 aromatic carbocycles. The smallest absolute Gasteiger partial charge is 0.246 e. The largest absolute Gasteiger partial charge is 0.392 e. The van der Waals surface area contributed by atoms with Crippen LogP contribution in [0.4, 0.5) is 0 Å². The monoisotopic (exact) mass is 233 g/mol. The first kappa shape index (κ1) is 13.5. The minimum absolute atomic E-state index is 0.104. The van der Waals surface area contributed by atoms with E-state index in [1.54, 1.807) is 20.0 Å². The van der Waals surface area contributed by atoms with E-state index in [9.17, 15) is 9.90 Å². The maximum Gasteiger partial charge on any atom is 0.246 e. The van der Waals surface area contributed by atoms with Crippen LogP contribution in [-0.2, 0) is 4.79 Å². The summed E-state index contributed by atoms with van der Waals surface area (Å²) in [6.07, 6.45) is 2.81. The minimum Gasteiger partial charge on any atom is -0.392 e. The van der Waals surface area contributed by atoms with E-state index in [0.717, 1.165) is 11.1 Å². The molecule has 0 spiro atoms. The first-order valence-corrected chi connectivity index (χ1v) is 5.67. The van der Waals surface area contributed by atoms with Crippen LogP contribution in [0.25, 0.3) is 6.08 Å². The Balaban J connectivity index is 2.62. The molecular weight excluding hydrogens is 214 g/mol. The van der Waals surface area contributed by atoms with Gasteiger partial charge in [-0.05, 0) is 25.5 Å². The summed E-state index contributed by atoms with van der Waals surface area (Å²) in [6, 6.07) is 7.93. The quantitative estimate of drug-likeness (QED) is 0.806. The molecule has 0 aromatic heterocycles. The Labute approximate surface area is 102 Å². The molecule has 1 rings (SSSR count). The molecule has 1 atom stereocenters. The first-order valence-electron chi connectivity index (χ1n) is 5.67. The fourth-order valence-electron chi connectivity index (χ4n) is 1.55. The summed E-state index contributed by atoms with van der Waals surface area (Å²) < 4.78 is 0. The summed E-state index contributed by atoms with van der Waals surface area (Å²) in [6.45, 7) is 4.02. The van der Waals surface area contributed by atoms with Crippen molar-refractivity contribution >= 4 is 12.0 Å². The molecule has 0 fully saturated rings. The second-order valence-corrected chi connectivity index (χ2v) is 4.32. The third kappa shape index (κ3) is 4.83. The van der Waals surface area contributed by atoms with Crippen molar-refractivity contribution in [2.75, 3.05) is 13.6 Å². The van der Waals surface area contributed by atoms with Gasteiger partial charge in [-0.1, -0.05) is 29.8 Å². The van der Waals surface area contributed by atoms with Gasteiger partial charge in [0, 0.05) is 19.7 Å². The maximum atomic E-state index is 11.7. The third-order valence-electron chi connectivity index (χ3n) is 2.37. The van der Waals surface area contributed by atoms with Crippen molar-refractivity contribution in [1.29, 1.82) is 0 Å². The maximum absolute atomic E-state index is 11.7. The summed E-state index contributed by atoms with van der Waals surface area (Å²) >= 11 is 0. The van der Waals surface area contributed by atoms with Crippen LogP contribution < -0.4 is 0 Å². The standard InChI is InChI=1S/C14H19NO2/c1-11-5-4-6-13(9-11)7-8-14(17)15(3)10-12(2)16/h4-9,12,16H,10H2,1-3H3. The van der Waals surface area contributed by atoms with Crippen LogP contribution in [0, 0.1) is 6.92 Å². The van der Waals surface area contributed by atoms with E-state index in [1.807, 2.05) is 31.2 Å². The molecular formula is C14H19NO2. The van der Waals surface area contributed by atoms with E-state index in [-0.39, 0.29) is 5.91 Å². The molecule has 0 radical (unpaired) electrons. The van der Waals surface area contributed by atoms with Gasteiger partial charge < -0.3 is 10.0 Å². The first-order chi connectivity index (χ1) is 7.99. The zero-order chi connectivity index (χ0) is 12.8. The molecule has 1 unspecified atom stereocenters. The Morgan fingerprint density at radius 1 is 1.53 bits per heavy atom. The molecule has 0 saturated carbocycles. The van der Waals surface area contributed by atoms with Crippen LogP contribution in [0.5, 0.6) is 0 Å². The molecule has 1 aromatic rings. The summed E-state index contributed by atoms with van der Waals surface area (Å²) in [7, 11) is 1.68. The molecule has 0 saturated heterocycles. The second kappa shape index (κ2) is 6.21.